The quantitative estimate of drug-likeness (QED) is 0.518. The fraction of sp³-hybridized carbons (Fsp3) is 0.400. The maximum Gasteiger partial charge on any atom is 0.315 e. The average molecular weight is 297 g/mol. The van der Waals surface area contributed by atoms with Gasteiger partial charge in [-0.3, -0.25) is 9.59 Å². The molecule has 0 saturated carbocycles. The summed E-state index contributed by atoms with van der Waals surface area (Å²) in [5, 5.41) is 0. The molecule has 0 aromatic carbocycles. The molecule has 92 valence electrons. The summed E-state index contributed by atoms with van der Waals surface area (Å²) in [4.78, 5) is 25.8. The normalized spacial score (nSPS) is 20.4. The Kier molecular flexibility index (Phi) is 3.39. The van der Waals surface area contributed by atoms with E-state index < -0.39 is 9.58 Å². The second-order valence-electron chi connectivity index (χ2n) is 3.66. The van der Waals surface area contributed by atoms with E-state index in [9.17, 15) is 9.59 Å². The van der Waals surface area contributed by atoms with Crippen LogP contribution in [0.15, 0.2) is 12.1 Å². The number of nitrogens with one attached hydrogen (secondary N) is 1. The van der Waals surface area contributed by atoms with Crippen LogP contribution in [0, 0.1) is 0 Å². The van der Waals surface area contributed by atoms with Crippen LogP contribution in [0.25, 0.3) is 0 Å². The number of halogens is 3. The number of esters is 1. The molecule has 1 atom stereocenters. The molecule has 0 spiro atoms. The second kappa shape index (κ2) is 4.52. The van der Waals surface area contributed by atoms with Crippen LogP contribution in [-0.2, 0) is 9.53 Å². The smallest absolute Gasteiger partial charge is 0.315 e. The van der Waals surface area contributed by atoms with Crippen molar-refractivity contribution in [2.75, 3.05) is 6.61 Å². The Hall–Kier alpha value is -0.710. The molecule has 7 heteroatoms. The van der Waals surface area contributed by atoms with E-state index in [-0.39, 0.29) is 17.6 Å². The number of carbonyl (C=O) groups excluding carboxylic acids is 2. The van der Waals surface area contributed by atoms with Crippen molar-refractivity contribution < 1.29 is 14.3 Å². The molecule has 0 aliphatic carbocycles. The van der Waals surface area contributed by atoms with Crippen molar-refractivity contribution in [1.82, 2.24) is 4.98 Å². The maximum absolute atomic E-state index is 11.6. The summed E-state index contributed by atoms with van der Waals surface area (Å²) >= 11 is 16.5. The summed E-state index contributed by atoms with van der Waals surface area (Å²) in [6, 6.07) is 3.12. The lowest BCUT2D eigenvalue weighted by Gasteiger charge is -2.07. The number of hydrogen-bond donors (Lipinski definition) is 1. The molecule has 1 aromatic heterocycles. The number of aromatic nitrogens is 1. The van der Waals surface area contributed by atoms with Crippen molar-refractivity contribution in [3.8, 4) is 0 Å². The van der Waals surface area contributed by atoms with Crippen molar-refractivity contribution in [3.05, 3.63) is 23.5 Å². The molecule has 0 amide bonds. The first-order valence-corrected chi connectivity index (χ1v) is 6.00. The maximum atomic E-state index is 11.6. The largest absolute Gasteiger partial charge is 0.465 e. The van der Waals surface area contributed by atoms with Gasteiger partial charge < -0.3 is 9.72 Å². The molecule has 1 aromatic rings. The molecule has 1 unspecified atom stereocenters. The zero-order valence-corrected chi connectivity index (χ0v) is 10.8. The number of alkyl halides is 3. The standard InChI is InChI=1S/C10H8Cl3NO3/c11-10(12,13)8(15)7-2-1-6(14-7)5-3-4-17-9(5)16/h1-2,5,14H,3-4H2. The predicted molar refractivity (Wildman–Crippen MR) is 63.7 cm³/mol. The molecule has 2 heterocycles. The van der Waals surface area contributed by atoms with E-state index in [1.807, 2.05) is 0 Å². The highest BCUT2D eigenvalue weighted by atomic mass is 35.6. The third-order valence-electron chi connectivity index (χ3n) is 2.52. The van der Waals surface area contributed by atoms with Crippen molar-refractivity contribution in [3.63, 3.8) is 0 Å². The number of ketones is 1. The van der Waals surface area contributed by atoms with Gasteiger partial charge in [0.2, 0.25) is 5.78 Å². The first kappa shape index (κ1) is 12.7. The van der Waals surface area contributed by atoms with Gasteiger partial charge in [-0.2, -0.15) is 0 Å². The van der Waals surface area contributed by atoms with E-state index >= 15 is 0 Å². The van der Waals surface area contributed by atoms with Gasteiger partial charge >= 0.3 is 5.97 Å². The van der Waals surface area contributed by atoms with E-state index in [1.165, 1.54) is 6.07 Å². The van der Waals surface area contributed by atoms with Crippen LogP contribution in [0.2, 0.25) is 0 Å². The Balaban J connectivity index is 2.22. The minimum Gasteiger partial charge on any atom is -0.465 e. The summed E-state index contributed by atoms with van der Waals surface area (Å²) in [5.74, 6) is -1.33. The molecule has 2 rings (SSSR count). The molecular formula is C10H8Cl3NO3. The van der Waals surface area contributed by atoms with Gasteiger partial charge in [-0.25, -0.2) is 0 Å². The molecule has 1 aliphatic rings. The van der Waals surface area contributed by atoms with Crippen molar-refractivity contribution in [2.45, 2.75) is 16.1 Å². The highest BCUT2D eigenvalue weighted by molar-refractivity contribution is 6.77. The van der Waals surface area contributed by atoms with E-state index in [0.29, 0.717) is 18.7 Å². The Morgan fingerprint density at radius 1 is 1.41 bits per heavy atom. The van der Waals surface area contributed by atoms with E-state index in [2.05, 4.69) is 4.98 Å². The Labute approximate surface area is 112 Å². The van der Waals surface area contributed by atoms with Crippen LogP contribution >= 0.6 is 34.8 Å². The SMILES string of the molecule is O=C1OCCC1c1ccc(C(=O)C(Cl)(Cl)Cl)[nH]1. The van der Waals surface area contributed by atoms with Gasteiger partial charge in [-0.1, -0.05) is 34.8 Å². The molecule has 1 aliphatic heterocycles. The number of cyclic esters (lactones) is 1. The minimum atomic E-state index is -2.00. The lowest BCUT2D eigenvalue weighted by molar-refractivity contribution is -0.139. The number of Topliss-reactive ketones (excluding diaryl/α,β-unsaturated/α-hetero) is 1. The van der Waals surface area contributed by atoms with Crippen LogP contribution in [-0.4, -0.2) is 27.1 Å². The van der Waals surface area contributed by atoms with Gasteiger partial charge in [-0.15, -0.1) is 0 Å². The summed E-state index contributed by atoms with van der Waals surface area (Å²) < 4.78 is 2.83. The summed E-state index contributed by atoms with van der Waals surface area (Å²) in [6.45, 7) is 0.385. The summed E-state index contributed by atoms with van der Waals surface area (Å²) in [6.07, 6.45) is 0.584. The van der Waals surface area contributed by atoms with Gasteiger partial charge in [-0.05, 0) is 12.1 Å². The fourth-order valence-electron chi connectivity index (χ4n) is 1.68. The van der Waals surface area contributed by atoms with Crippen LogP contribution in [0.4, 0.5) is 0 Å². The van der Waals surface area contributed by atoms with Gasteiger partial charge in [0.05, 0.1) is 12.3 Å². The number of carbonyl (C=O) groups is 2. The molecule has 4 nitrogen and oxygen atoms in total. The van der Waals surface area contributed by atoms with Crippen LogP contribution < -0.4 is 0 Å². The minimum absolute atomic E-state index is 0.166. The lowest BCUT2D eigenvalue weighted by Crippen LogP contribution is -2.19. The highest BCUT2D eigenvalue weighted by Crippen LogP contribution is 2.32. The molecule has 0 radical (unpaired) electrons. The monoisotopic (exact) mass is 295 g/mol. The average Bonchev–Trinajstić information content (AvgIpc) is 2.83. The van der Waals surface area contributed by atoms with Gasteiger partial charge in [0, 0.05) is 12.1 Å². The van der Waals surface area contributed by atoms with E-state index in [4.69, 9.17) is 39.5 Å². The zero-order valence-electron chi connectivity index (χ0n) is 8.50. The number of aromatic amines is 1. The number of ether oxygens (including phenoxy) is 1. The van der Waals surface area contributed by atoms with Crippen LogP contribution in [0.1, 0.15) is 28.5 Å². The second-order valence-corrected chi connectivity index (χ2v) is 5.94. The molecule has 1 saturated heterocycles. The third kappa shape index (κ3) is 2.59. The van der Waals surface area contributed by atoms with Crippen LogP contribution in [0.3, 0.4) is 0 Å². The first-order chi connectivity index (χ1) is 7.89. The number of H-pyrrole nitrogens is 1. The molecule has 0 bridgehead atoms. The third-order valence-corrected chi connectivity index (χ3v) is 3.04. The van der Waals surface area contributed by atoms with Crippen LogP contribution in [0.5, 0.6) is 0 Å². The Bertz CT molecular complexity index is 464. The molecular weight excluding hydrogens is 288 g/mol. The topological polar surface area (TPSA) is 59.2 Å². The van der Waals surface area contributed by atoms with Crippen molar-refractivity contribution >= 4 is 46.6 Å². The predicted octanol–water partition coefficient (Wildman–Crippen LogP) is 2.60. The Morgan fingerprint density at radius 2 is 2.12 bits per heavy atom. The van der Waals surface area contributed by atoms with E-state index in [1.54, 1.807) is 6.07 Å². The summed E-state index contributed by atoms with van der Waals surface area (Å²) in [5.41, 5.74) is 0.768. The van der Waals surface area contributed by atoms with Crippen molar-refractivity contribution in [1.29, 1.82) is 0 Å². The number of rotatable bonds is 2. The first-order valence-electron chi connectivity index (χ1n) is 4.86. The van der Waals surface area contributed by atoms with Gasteiger partial charge in [0.1, 0.15) is 5.92 Å². The lowest BCUT2D eigenvalue weighted by atomic mass is 10.1. The molecule has 1 fully saturated rings. The molecule has 17 heavy (non-hydrogen) atoms. The zero-order chi connectivity index (χ0) is 12.6. The fourth-order valence-corrected chi connectivity index (χ4v) is 1.98. The number of hydrogen-bond acceptors (Lipinski definition) is 3. The molecule has 1 N–H and O–H groups in total. The highest BCUT2D eigenvalue weighted by Gasteiger charge is 2.34. The van der Waals surface area contributed by atoms with E-state index in [0.717, 1.165) is 0 Å². The summed E-state index contributed by atoms with van der Waals surface area (Å²) in [7, 11) is 0. The Morgan fingerprint density at radius 3 is 2.65 bits per heavy atom. The van der Waals surface area contributed by atoms with Gasteiger partial charge in [0.15, 0.2) is 0 Å². The van der Waals surface area contributed by atoms with Crippen molar-refractivity contribution in [2.24, 2.45) is 0 Å². The van der Waals surface area contributed by atoms with Gasteiger partial charge in [0.25, 0.3) is 3.79 Å².